The molecule has 0 aliphatic carbocycles. The summed E-state index contributed by atoms with van der Waals surface area (Å²) in [5.41, 5.74) is 0. The second kappa shape index (κ2) is 6.65. The minimum atomic E-state index is -2.47. The van der Waals surface area contributed by atoms with Crippen molar-refractivity contribution < 1.29 is 32.0 Å². The Morgan fingerprint density at radius 2 is 2.24 bits per heavy atom. The molecule has 2 N–H and O–H groups in total. The van der Waals surface area contributed by atoms with Gasteiger partial charge in [0.15, 0.2) is 6.10 Å². The molecule has 2 saturated heterocycles. The number of fused-ring (bicyclic) bond motifs is 2. The van der Waals surface area contributed by atoms with Crippen molar-refractivity contribution in [2.75, 3.05) is 6.54 Å². The van der Waals surface area contributed by atoms with Crippen molar-refractivity contribution in [1.29, 1.82) is 0 Å². The molecule has 0 aromatic rings. The minimum Gasteiger partial charge on any atom is -0.455 e. The van der Waals surface area contributed by atoms with E-state index >= 15 is 0 Å². The van der Waals surface area contributed by atoms with Gasteiger partial charge in [-0.3, -0.25) is 18.3 Å². The second-order valence-corrected chi connectivity index (χ2v) is 5.63. The highest BCUT2D eigenvalue weighted by Crippen LogP contribution is 2.42. The Morgan fingerprint density at radius 1 is 1.52 bits per heavy atom. The van der Waals surface area contributed by atoms with Crippen LogP contribution in [0.2, 0.25) is 0 Å². The normalized spacial score (nSPS) is 35.2. The smallest absolute Gasteiger partial charge is 0.325 e. The topological polar surface area (TPSA) is 111 Å². The summed E-state index contributed by atoms with van der Waals surface area (Å²) in [6.07, 6.45) is -0.576. The molecule has 2 aliphatic heterocycles. The van der Waals surface area contributed by atoms with Gasteiger partial charge in [-0.2, -0.15) is 4.21 Å². The third kappa shape index (κ3) is 3.67. The first-order valence-electron chi connectivity index (χ1n) is 6.45. The molecule has 0 spiro atoms. The van der Waals surface area contributed by atoms with Gasteiger partial charge in [0, 0.05) is 0 Å². The van der Waals surface area contributed by atoms with E-state index in [4.69, 9.17) is 18.2 Å². The Labute approximate surface area is 124 Å². The van der Waals surface area contributed by atoms with Crippen LogP contribution >= 0.6 is 0 Å². The van der Waals surface area contributed by atoms with E-state index in [0.29, 0.717) is 6.42 Å². The third-order valence-corrected chi connectivity index (χ3v) is 3.95. The van der Waals surface area contributed by atoms with Gasteiger partial charge >= 0.3 is 17.3 Å². The third-order valence-electron chi connectivity index (χ3n) is 3.56. The summed E-state index contributed by atoms with van der Waals surface area (Å²) in [6, 6.07) is 0. The zero-order valence-corrected chi connectivity index (χ0v) is 12.2. The number of nitrogens with one attached hydrogen (secondary N) is 1. The lowest BCUT2D eigenvalue weighted by Crippen LogP contribution is -2.46. The monoisotopic (exact) mass is 319 g/mol. The van der Waals surface area contributed by atoms with Crippen molar-refractivity contribution >= 4 is 23.2 Å². The molecule has 2 aliphatic rings. The maximum Gasteiger partial charge on any atom is 0.325 e. The number of ether oxygens (including phenoxy) is 2. The molecule has 2 heterocycles. The number of carbonyl (C=O) groups is 2. The van der Waals surface area contributed by atoms with Crippen LogP contribution in [0.1, 0.15) is 13.3 Å². The van der Waals surface area contributed by atoms with Crippen LogP contribution in [0.25, 0.3) is 0 Å². The predicted octanol–water partition coefficient (Wildman–Crippen LogP) is -0.470. The van der Waals surface area contributed by atoms with E-state index in [1.54, 1.807) is 0 Å². The van der Waals surface area contributed by atoms with Gasteiger partial charge in [-0.05, 0) is 18.4 Å². The summed E-state index contributed by atoms with van der Waals surface area (Å²) >= 11 is -2.47. The molecule has 0 aromatic carbocycles. The van der Waals surface area contributed by atoms with Gasteiger partial charge in [0.05, 0.1) is 6.10 Å². The van der Waals surface area contributed by atoms with Gasteiger partial charge in [-0.15, -0.1) is 0 Å². The number of hydrogen-bond acceptors (Lipinski definition) is 6. The Kier molecular flexibility index (Phi) is 5.09. The quantitative estimate of drug-likeness (QED) is 0.387. The van der Waals surface area contributed by atoms with Crippen molar-refractivity contribution in [2.45, 2.75) is 37.8 Å². The molecule has 6 atom stereocenters. The van der Waals surface area contributed by atoms with E-state index in [9.17, 15) is 13.8 Å². The number of amides is 1. The fraction of sp³-hybridized carbons (Fsp3) is 0.667. The molecule has 21 heavy (non-hydrogen) atoms. The lowest BCUT2D eigenvalue weighted by molar-refractivity contribution is -0.156. The molecule has 6 unspecified atom stereocenters. The number of hydrogen-bond donors (Lipinski definition) is 2. The molecule has 0 radical (unpaired) electrons. The molecule has 0 aromatic heterocycles. The number of carbonyl (C=O) groups excluding carboxylic acids is 2. The van der Waals surface area contributed by atoms with Crippen LogP contribution in [0.4, 0.5) is 0 Å². The first-order chi connectivity index (χ1) is 9.92. The highest BCUT2D eigenvalue weighted by atomic mass is 32.2. The molecular weight excluding hydrogens is 302 g/mol. The highest BCUT2D eigenvalue weighted by molar-refractivity contribution is 7.74. The van der Waals surface area contributed by atoms with Crippen LogP contribution in [-0.4, -0.2) is 51.6 Å². The summed E-state index contributed by atoms with van der Waals surface area (Å²) in [5.74, 6) is -1.01. The summed E-state index contributed by atoms with van der Waals surface area (Å²) in [4.78, 5) is 22.7. The fourth-order valence-electron chi connectivity index (χ4n) is 2.67. The SMILES string of the molecule is C=CC(=O)NCC(=O)OC1C2OC(CC2C)C1OS(=O)O. The zero-order chi connectivity index (χ0) is 15.6. The summed E-state index contributed by atoms with van der Waals surface area (Å²) in [6.45, 7) is 4.89. The average Bonchev–Trinajstić information content (AvgIpc) is 2.94. The number of esters is 1. The highest BCUT2D eigenvalue weighted by Gasteiger charge is 2.56. The van der Waals surface area contributed by atoms with Gasteiger partial charge in [-0.25, -0.2) is 0 Å². The molecule has 2 fully saturated rings. The molecule has 8 nitrogen and oxygen atoms in total. The van der Waals surface area contributed by atoms with E-state index in [0.717, 1.165) is 6.08 Å². The zero-order valence-electron chi connectivity index (χ0n) is 11.4. The molecule has 0 saturated carbocycles. The first kappa shape index (κ1) is 16.1. The predicted molar refractivity (Wildman–Crippen MR) is 71.2 cm³/mol. The van der Waals surface area contributed by atoms with Crippen LogP contribution < -0.4 is 5.32 Å². The Hall–Kier alpha value is -1.29. The van der Waals surface area contributed by atoms with Crippen LogP contribution in [-0.2, 0) is 34.6 Å². The largest absolute Gasteiger partial charge is 0.455 e. The fourth-order valence-corrected chi connectivity index (χ4v) is 3.10. The number of rotatable bonds is 6. The lowest BCUT2D eigenvalue weighted by Gasteiger charge is -2.29. The van der Waals surface area contributed by atoms with Crippen LogP contribution in [0, 0.1) is 5.92 Å². The van der Waals surface area contributed by atoms with Crippen molar-refractivity contribution in [2.24, 2.45) is 5.92 Å². The first-order valence-corrected chi connectivity index (χ1v) is 7.48. The average molecular weight is 319 g/mol. The van der Waals surface area contributed by atoms with Gasteiger partial charge in [0.25, 0.3) is 0 Å². The van der Waals surface area contributed by atoms with Crippen molar-refractivity contribution in [3.05, 3.63) is 12.7 Å². The molecule has 118 valence electrons. The standard InChI is InChI=1S/C12H17NO7S/c1-3-8(14)13-5-9(15)19-12-10-6(2)4-7(18-10)11(12)20-21(16)17/h3,6-7,10-12H,1,4-5H2,2H3,(H,13,14)(H,16,17). The van der Waals surface area contributed by atoms with E-state index in [1.807, 2.05) is 6.92 Å². The van der Waals surface area contributed by atoms with Crippen molar-refractivity contribution in [3.63, 3.8) is 0 Å². The minimum absolute atomic E-state index is 0.155. The maximum atomic E-state index is 11.7. The van der Waals surface area contributed by atoms with E-state index in [1.165, 1.54) is 0 Å². The molecule has 1 amide bonds. The molecular formula is C12H17NO7S. The summed E-state index contributed by atoms with van der Waals surface area (Å²) in [7, 11) is 0. The van der Waals surface area contributed by atoms with E-state index in [-0.39, 0.29) is 24.7 Å². The molecule has 2 rings (SSSR count). The van der Waals surface area contributed by atoms with Crippen LogP contribution in [0.3, 0.4) is 0 Å². The van der Waals surface area contributed by atoms with E-state index in [2.05, 4.69) is 11.9 Å². The van der Waals surface area contributed by atoms with Gasteiger partial charge in [-0.1, -0.05) is 13.5 Å². The summed E-state index contributed by atoms with van der Waals surface area (Å²) < 4.78 is 35.4. The Bertz CT molecular complexity index is 469. The van der Waals surface area contributed by atoms with Gasteiger partial charge < -0.3 is 14.8 Å². The van der Waals surface area contributed by atoms with E-state index < -0.39 is 35.4 Å². The molecule has 2 bridgehead atoms. The van der Waals surface area contributed by atoms with Gasteiger partial charge in [0.1, 0.15) is 18.8 Å². The summed E-state index contributed by atoms with van der Waals surface area (Å²) in [5, 5.41) is 2.29. The second-order valence-electron chi connectivity index (χ2n) is 5.01. The van der Waals surface area contributed by atoms with Gasteiger partial charge in [0.2, 0.25) is 5.91 Å². The van der Waals surface area contributed by atoms with Crippen molar-refractivity contribution in [3.8, 4) is 0 Å². The van der Waals surface area contributed by atoms with Crippen molar-refractivity contribution in [1.82, 2.24) is 5.32 Å². The lowest BCUT2D eigenvalue weighted by atomic mass is 9.86. The van der Waals surface area contributed by atoms with Crippen LogP contribution in [0.5, 0.6) is 0 Å². The maximum absolute atomic E-state index is 11.7. The Morgan fingerprint density at radius 3 is 2.86 bits per heavy atom. The van der Waals surface area contributed by atoms with Crippen LogP contribution in [0.15, 0.2) is 12.7 Å². The molecule has 9 heteroatoms. The Balaban J connectivity index is 1.95.